The molecule has 11 rings (SSSR count). The lowest BCUT2D eigenvalue weighted by atomic mass is 9.81. The van der Waals surface area contributed by atoms with Crippen molar-refractivity contribution in [2.24, 2.45) is 0 Å². The van der Waals surface area contributed by atoms with Gasteiger partial charge in [-0.2, -0.15) is 0 Å². The first-order valence-electron chi connectivity index (χ1n) is 18.3. The molecule has 7 aromatic carbocycles. The predicted molar refractivity (Wildman–Crippen MR) is 219 cm³/mol. The van der Waals surface area contributed by atoms with Crippen LogP contribution < -0.4 is 0 Å². The first kappa shape index (κ1) is 29.9. The second kappa shape index (κ2) is 11.1. The molecule has 4 heteroatoms. The molecule has 250 valence electrons. The van der Waals surface area contributed by atoms with Gasteiger partial charge in [0.2, 0.25) is 5.95 Å². The fourth-order valence-corrected chi connectivity index (χ4v) is 8.97. The van der Waals surface area contributed by atoms with Crippen molar-refractivity contribution in [1.29, 1.82) is 0 Å². The summed E-state index contributed by atoms with van der Waals surface area (Å²) in [5.41, 5.74) is 14.9. The molecule has 0 unspecified atom stereocenters. The van der Waals surface area contributed by atoms with Crippen LogP contribution in [0.1, 0.15) is 25.0 Å². The van der Waals surface area contributed by atoms with Gasteiger partial charge in [0.1, 0.15) is 0 Å². The van der Waals surface area contributed by atoms with E-state index in [-0.39, 0.29) is 5.41 Å². The molecule has 0 bridgehead atoms. The maximum absolute atomic E-state index is 5.43. The van der Waals surface area contributed by atoms with Crippen molar-refractivity contribution in [3.63, 3.8) is 0 Å². The summed E-state index contributed by atoms with van der Waals surface area (Å²) in [7, 11) is 0. The smallest absolute Gasteiger partial charge is 0.235 e. The Labute approximate surface area is 307 Å². The molecular formula is C49H34N4. The zero-order valence-corrected chi connectivity index (χ0v) is 29.5. The van der Waals surface area contributed by atoms with Crippen molar-refractivity contribution in [3.8, 4) is 45.3 Å². The average molecular weight is 679 g/mol. The fourth-order valence-electron chi connectivity index (χ4n) is 8.97. The summed E-state index contributed by atoms with van der Waals surface area (Å²) in [6, 6.07) is 60.7. The minimum Gasteiger partial charge on any atom is -0.309 e. The number of hydrogen-bond acceptors (Lipinski definition) is 2. The summed E-state index contributed by atoms with van der Waals surface area (Å²) in [5.74, 6) is 0.665. The van der Waals surface area contributed by atoms with E-state index in [1.54, 1.807) is 0 Å². The molecule has 0 N–H and O–H groups in total. The van der Waals surface area contributed by atoms with E-state index in [1.165, 1.54) is 55.2 Å². The number of nitrogens with zero attached hydrogens (tertiary/aromatic N) is 4. The minimum absolute atomic E-state index is 0.208. The summed E-state index contributed by atoms with van der Waals surface area (Å²) < 4.78 is 4.76. The van der Waals surface area contributed by atoms with Crippen molar-refractivity contribution >= 4 is 43.6 Å². The van der Waals surface area contributed by atoms with Gasteiger partial charge < -0.3 is 4.57 Å². The Balaban J connectivity index is 1.22. The van der Waals surface area contributed by atoms with Crippen molar-refractivity contribution in [1.82, 2.24) is 19.1 Å². The zero-order valence-electron chi connectivity index (χ0n) is 29.5. The Bertz CT molecular complexity index is 3060. The Morgan fingerprint density at radius 1 is 0.453 bits per heavy atom. The number of aromatic nitrogens is 4. The van der Waals surface area contributed by atoms with E-state index < -0.39 is 0 Å². The van der Waals surface area contributed by atoms with E-state index in [2.05, 4.69) is 193 Å². The molecule has 0 saturated carbocycles. The van der Waals surface area contributed by atoms with Crippen LogP contribution in [0.2, 0.25) is 0 Å². The van der Waals surface area contributed by atoms with E-state index in [0.29, 0.717) is 5.95 Å². The molecular weight excluding hydrogens is 645 g/mol. The molecule has 0 aliphatic heterocycles. The lowest BCUT2D eigenvalue weighted by molar-refractivity contribution is 0.666. The van der Waals surface area contributed by atoms with Gasteiger partial charge in [0, 0.05) is 43.8 Å². The van der Waals surface area contributed by atoms with Crippen LogP contribution >= 0.6 is 0 Å². The molecule has 0 amide bonds. The Morgan fingerprint density at radius 2 is 1.06 bits per heavy atom. The third-order valence-electron chi connectivity index (χ3n) is 11.3. The summed E-state index contributed by atoms with van der Waals surface area (Å²) in [5, 5.41) is 4.74. The first-order chi connectivity index (χ1) is 26.1. The molecule has 4 nitrogen and oxygen atoms in total. The molecule has 53 heavy (non-hydrogen) atoms. The summed E-state index contributed by atoms with van der Waals surface area (Å²) in [6.07, 6.45) is 0. The van der Waals surface area contributed by atoms with Gasteiger partial charge in [0.25, 0.3) is 0 Å². The van der Waals surface area contributed by atoms with Crippen LogP contribution in [0, 0.1) is 0 Å². The molecule has 0 radical (unpaired) electrons. The molecule has 0 saturated heterocycles. The highest BCUT2D eigenvalue weighted by Gasteiger charge is 2.41. The summed E-state index contributed by atoms with van der Waals surface area (Å²) in [4.78, 5) is 10.7. The molecule has 0 fully saturated rings. The van der Waals surface area contributed by atoms with Crippen molar-refractivity contribution < 1.29 is 0 Å². The largest absolute Gasteiger partial charge is 0.309 e. The summed E-state index contributed by atoms with van der Waals surface area (Å²) >= 11 is 0. The highest BCUT2D eigenvalue weighted by molar-refractivity contribution is 6.24. The van der Waals surface area contributed by atoms with Gasteiger partial charge in [-0.05, 0) is 58.7 Å². The Hall–Kier alpha value is -6.78. The maximum Gasteiger partial charge on any atom is 0.235 e. The molecule has 1 aliphatic rings. The van der Waals surface area contributed by atoms with E-state index >= 15 is 0 Å². The van der Waals surface area contributed by atoms with Crippen molar-refractivity contribution in [3.05, 3.63) is 181 Å². The highest BCUT2D eigenvalue weighted by atomic mass is 15.2. The molecule has 1 aliphatic carbocycles. The lowest BCUT2D eigenvalue weighted by Crippen LogP contribution is -2.14. The van der Waals surface area contributed by atoms with Crippen LogP contribution in [-0.2, 0) is 5.41 Å². The third kappa shape index (κ3) is 4.24. The maximum atomic E-state index is 5.43. The Morgan fingerprint density at radius 3 is 1.85 bits per heavy atom. The van der Waals surface area contributed by atoms with Crippen LogP contribution in [0.25, 0.3) is 88.9 Å². The molecule has 0 spiro atoms. The summed E-state index contributed by atoms with van der Waals surface area (Å²) in [6.45, 7) is 4.76. The van der Waals surface area contributed by atoms with Gasteiger partial charge in [-0.15, -0.1) is 0 Å². The predicted octanol–water partition coefficient (Wildman–Crippen LogP) is 12.3. The SMILES string of the molecule is CC1(C)c2ccccc2-c2c1c1c3c4ccccc4n(-c4nc(-c5ccc(-c6ccccc6)cc5)c5ccccc5n4)c3ccc1n2-c1ccccc1. The van der Waals surface area contributed by atoms with E-state index in [0.717, 1.165) is 38.9 Å². The quantitative estimate of drug-likeness (QED) is 0.186. The van der Waals surface area contributed by atoms with Crippen LogP contribution in [0.4, 0.5) is 0 Å². The number of hydrogen-bond donors (Lipinski definition) is 0. The van der Waals surface area contributed by atoms with Crippen LogP contribution in [0.15, 0.2) is 170 Å². The monoisotopic (exact) mass is 678 g/mol. The van der Waals surface area contributed by atoms with Gasteiger partial charge >= 0.3 is 0 Å². The van der Waals surface area contributed by atoms with E-state index in [1.807, 2.05) is 0 Å². The highest BCUT2D eigenvalue weighted by Crippen LogP contribution is 2.55. The zero-order chi connectivity index (χ0) is 35.3. The van der Waals surface area contributed by atoms with Crippen LogP contribution in [0.5, 0.6) is 0 Å². The average Bonchev–Trinajstić information content (AvgIpc) is 3.82. The van der Waals surface area contributed by atoms with Crippen molar-refractivity contribution in [2.75, 3.05) is 0 Å². The second-order valence-corrected chi connectivity index (χ2v) is 14.6. The van der Waals surface area contributed by atoms with Crippen LogP contribution in [-0.4, -0.2) is 19.1 Å². The molecule has 0 atom stereocenters. The first-order valence-corrected chi connectivity index (χ1v) is 18.3. The van der Waals surface area contributed by atoms with Gasteiger partial charge in [0.05, 0.1) is 33.5 Å². The number of fused-ring (bicyclic) bond motifs is 10. The van der Waals surface area contributed by atoms with E-state index in [9.17, 15) is 0 Å². The number of benzene rings is 7. The van der Waals surface area contributed by atoms with Crippen molar-refractivity contribution in [2.45, 2.75) is 19.3 Å². The lowest BCUT2D eigenvalue weighted by Gasteiger charge is -2.21. The normalized spacial score (nSPS) is 13.2. The number of para-hydroxylation sites is 3. The van der Waals surface area contributed by atoms with Crippen LogP contribution in [0.3, 0.4) is 0 Å². The van der Waals surface area contributed by atoms with Gasteiger partial charge in [-0.3, -0.25) is 4.57 Å². The minimum atomic E-state index is -0.208. The van der Waals surface area contributed by atoms with Gasteiger partial charge in [-0.1, -0.05) is 147 Å². The third-order valence-corrected chi connectivity index (χ3v) is 11.3. The fraction of sp³-hybridized carbons (Fsp3) is 0.0612. The van der Waals surface area contributed by atoms with Gasteiger partial charge in [-0.25, -0.2) is 9.97 Å². The Kier molecular flexibility index (Phi) is 6.27. The standard InChI is InChI=1S/C49H34N4/c1-49(2)38-22-12-9-19-35(38)47-45(49)44-42(52(47)34-17-7-4-8-18-34)30-29-41-43(44)37-21-11-14-24-40(37)53(41)48-50-39-23-13-10-20-36(39)46(51-48)33-27-25-32(26-28-33)31-15-5-3-6-16-31/h3-30H,1-2H3. The molecule has 10 aromatic rings. The van der Waals surface area contributed by atoms with E-state index in [4.69, 9.17) is 9.97 Å². The second-order valence-electron chi connectivity index (χ2n) is 14.6. The number of rotatable bonds is 4. The van der Waals surface area contributed by atoms with Gasteiger partial charge in [0.15, 0.2) is 0 Å². The topological polar surface area (TPSA) is 35.6 Å². The molecule has 3 aromatic heterocycles. The molecule has 3 heterocycles.